The van der Waals surface area contributed by atoms with Crippen molar-refractivity contribution in [1.82, 2.24) is 20.0 Å². The zero-order chi connectivity index (χ0) is 16.4. The summed E-state index contributed by atoms with van der Waals surface area (Å²) in [6.07, 6.45) is 0. The Labute approximate surface area is 149 Å². The first-order valence-corrected chi connectivity index (χ1v) is 8.16. The Hall–Kier alpha value is -1.85. The van der Waals surface area contributed by atoms with E-state index in [1.165, 1.54) is 0 Å². The molecule has 1 aromatic heterocycles. The third kappa shape index (κ3) is 3.97. The largest absolute Gasteiger partial charge is 0.333 e. The number of benzene rings is 1. The van der Waals surface area contributed by atoms with E-state index >= 15 is 0 Å². The van der Waals surface area contributed by atoms with Gasteiger partial charge in [0.05, 0.1) is 12.2 Å². The predicted octanol–water partition coefficient (Wildman–Crippen LogP) is 2.40. The van der Waals surface area contributed by atoms with Crippen LogP contribution in [0.1, 0.15) is 34.2 Å². The van der Waals surface area contributed by atoms with E-state index in [9.17, 15) is 4.79 Å². The summed E-state index contributed by atoms with van der Waals surface area (Å²) in [5, 5.41) is 7.81. The monoisotopic (exact) mass is 348 g/mol. The third-order valence-corrected chi connectivity index (χ3v) is 4.37. The van der Waals surface area contributed by atoms with Crippen LogP contribution >= 0.6 is 12.4 Å². The minimum Gasteiger partial charge on any atom is -0.333 e. The van der Waals surface area contributed by atoms with Gasteiger partial charge in [-0.05, 0) is 44.5 Å². The molecular formula is C18H25ClN4O. The summed E-state index contributed by atoms with van der Waals surface area (Å²) in [7, 11) is 0. The molecular weight excluding hydrogens is 324 g/mol. The molecule has 0 spiro atoms. The molecule has 1 aliphatic heterocycles. The zero-order valence-electron chi connectivity index (χ0n) is 14.5. The first kappa shape index (κ1) is 18.5. The summed E-state index contributed by atoms with van der Waals surface area (Å²) in [4.78, 5) is 14.7. The number of halogens is 1. The van der Waals surface area contributed by atoms with Gasteiger partial charge < -0.3 is 10.2 Å². The van der Waals surface area contributed by atoms with Gasteiger partial charge in [-0.3, -0.25) is 9.48 Å². The topological polar surface area (TPSA) is 50.2 Å². The van der Waals surface area contributed by atoms with Crippen LogP contribution in [0.4, 0.5) is 0 Å². The Morgan fingerprint density at radius 3 is 2.79 bits per heavy atom. The number of rotatable bonds is 3. The van der Waals surface area contributed by atoms with Gasteiger partial charge in [-0.15, -0.1) is 12.4 Å². The highest BCUT2D eigenvalue weighted by molar-refractivity contribution is 5.94. The molecule has 1 N–H and O–H groups in total. The van der Waals surface area contributed by atoms with Gasteiger partial charge in [0, 0.05) is 36.9 Å². The fourth-order valence-electron chi connectivity index (χ4n) is 3.12. The molecule has 1 fully saturated rings. The molecule has 3 rings (SSSR count). The Kier molecular flexibility index (Phi) is 6.02. The number of piperazine rings is 1. The summed E-state index contributed by atoms with van der Waals surface area (Å²) in [6, 6.07) is 10.2. The maximum Gasteiger partial charge on any atom is 0.254 e. The van der Waals surface area contributed by atoms with Crippen molar-refractivity contribution in [3.8, 4) is 0 Å². The maximum absolute atomic E-state index is 12.8. The van der Waals surface area contributed by atoms with E-state index in [-0.39, 0.29) is 24.4 Å². The van der Waals surface area contributed by atoms with Crippen LogP contribution < -0.4 is 5.32 Å². The van der Waals surface area contributed by atoms with Crippen molar-refractivity contribution >= 4 is 18.3 Å². The van der Waals surface area contributed by atoms with Crippen LogP contribution in [0, 0.1) is 13.8 Å². The highest BCUT2D eigenvalue weighted by atomic mass is 35.5. The molecule has 1 aliphatic rings. The van der Waals surface area contributed by atoms with E-state index in [1.54, 1.807) is 0 Å². The first-order chi connectivity index (χ1) is 11.0. The second kappa shape index (κ2) is 7.81. The average Bonchev–Trinajstić information content (AvgIpc) is 2.85. The molecule has 1 aromatic carbocycles. The predicted molar refractivity (Wildman–Crippen MR) is 97.9 cm³/mol. The van der Waals surface area contributed by atoms with E-state index in [2.05, 4.69) is 36.4 Å². The van der Waals surface area contributed by atoms with Crippen LogP contribution in [0.25, 0.3) is 0 Å². The molecule has 0 unspecified atom stereocenters. The lowest BCUT2D eigenvalue weighted by Crippen LogP contribution is -2.52. The van der Waals surface area contributed by atoms with Crippen LogP contribution in [-0.4, -0.2) is 46.3 Å². The number of carbonyl (C=O) groups is 1. The van der Waals surface area contributed by atoms with Crippen LogP contribution in [0.3, 0.4) is 0 Å². The number of aryl methyl sites for hydroxylation is 2. The highest BCUT2D eigenvalue weighted by Crippen LogP contribution is 2.14. The summed E-state index contributed by atoms with van der Waals surface area (Å²) < 4.78 is 1.98. The minimum absolute atomic E-state index is 0. The molecule has 24 heavy (non-hydrogen) atoms. The van der Waals surface area contributed by atoms with Gasteiger partial charge in [-0.25, -0.2) is 0 Å². The average molecular weight is 349 g/mol. The van der Waals surface area contributed by atoms with Crippen molar-refractivity contribution in [3.63, 3.8) is 0 Å². The van der Waals surface area contributed by atoms with E-state index in [1.807, 2.05) is 34.7 Å². The Morgan fingerprint density at radius 2 is 2.12 bits per heavy atom. The van der Waals surface area contributed by atoms with Gasteiger partial charge in [0.25, 0.3) is 5.91 Å². The summed E-state index contributed by atoms with van der Waals surface area (Å²) >= 11 is 0. The smallest absolute Gasteiger partial charge is 0.254 e. The highest BCUT2D eigenvalue weighted by Gasteiger charge is 2.24. The third-order valence-electron chi connectivity index (χ3n) is 4.37. The summed E-state index contributed by atoms with van der Waals surface area (Å²) in [5.41, 5.74) is 4.02. The van der Waals surface area contributed by atoms with Gasteiger partial charge in [-0.2, -0.15) is 5.10 Å². The fourth-order valence-corrected chi connectivity index (χ4v) is 3.12. The Balaban J connectivity index is 0.00000208. The molecule has 1 saturated heterocycles. The second-order valence-electron chi connectivity index (χ2n) is 6.34. The Morgan fingerprint density at radius 1 is 1.33 bits per heavy atom. The quantitative estimate of drug-likeness (QED) is 0.926. The van der Waals surface area contributed by atoms with E-state index in [0.29, 0.717) is 6.54 Å². The lowest BCUT2D eigenvalue weighted by molar-refractivity contribution is 0.0655. The van der Waals surface area contributed by atoms with E-state index in [0.717, 1.165) is 42.1 Å². The number of amides is 1. The van der Waals surface area contributed by atoms with Crippen LogP contribution in [0.2, 0.25) is 0 Å². The van der Waals surface area contributed by atoms with Gasteiger partial charge in [-0.1, -0.05) is 12.1 Å². The molecule has 0 radical (unpaired) electrons. The zero-order valence-corrected chi connectivity index (χ0v) is 15.3. The number of hydrogen-bond donors (Lipinski definition) is 1. The molecule has 0 bridgehead atoms. The number of carbonyl (C=O) groups excluding carboxylic acids is 1. The lowest BCUT2D eigenvalue weighted by Gasteiger charge is -2.34. The number of nitrogens with zero attached hydrogens (tertiary/aromatic N) is 3. The molecule has 5 nitrogen and oxygen atoms in total. The maximum atomic E-state index is 12.8. The van der Waals surface area contributed by atoms with Gasteiger partial charge in [0.2, 0.25) is 0 Å². The van der Waals surface area contributed by atoms with Crippen molar-refractivity contribution in [2.75, 3.05) is 19.6 Å². The molecule has 130 valence electrons. The lowest BCUT2D eigenvalue weighted by atomic mass is 10.1. The minimum atomic E-state index is 0. The van der Waals surface area contributed by atoms with Gasteiger partial charge >= 0.3 is 0 Å². The molecule has 1 atom stereocenters. The molecule has 6 heteroatoms. The number of hydrogen-bond acceptors (Lipinski definition) is 3. The second-order valence-corrected chi connectivity index (χ2v) is 6.34. The van der Waals surface area contributed by atoms with Gasteiger partial charge in [0.1, 0.15) is 0 Å². The van der Waals surface area contributed by atoms with Crippen molar-refractivity contribution in [3.05, 3.63) is 52.8 Å². The van der Waals surface area contributed by atoms with Crippen LogP contribution in [-0.2, 0) is 6.54 Å². The van der Waals surface area contributed by atoms with E-state index in [4.69, 9.17) is 0 Å². The molecule has 0 aliphatic carbocycles. The normalized spacial score (nSPS) is 17.5. The van der Waals surface area contributed by atoms with Crippen molar-refractivity contribution in [1.29, 1.82) is 0 Å². The number of nitrogens with one attached hydrogen (secondary N) is 1. The van der Waals surface area contributed by atoms with Gasteiger partial charge in [0.15, 0.2) is 0 Å². The summed E-state index contributed by atoms with van der Waals surface area (Å²) in [6.45, 7) is 9.31. The van der Waals surface area contributed by atoms with Crippen molar-refractivity contribution in [2.45, 2.75) is 33.4 Å². The standard InChI is InChI=1S/C18H24N4O.ClH/c1-13-9-14(2)22(20-13)12-16-5-4-6-17(10-16)18(23)21-8-7-19-11-15(21)3;/h4-6,9-10,15,19H,7-8,11-12H2,1-3H3;1H/t15-;/m1./s1. The van der Waals surface area contributed by atoms with E-state index < -0.39 is 0 Å². The first-order valence-electron chi connectivity index (χ1n) is 8.16. The van der Waals surface area contributed by atoms with Crippen LogP contribution in [0.15, 0.2) is 30.3 Å². The SMILES string of the molecule is Cc1cc(C)n(Cc2cccc(C(=O)N3CCNC[C@H]3C)c2)n1.Cl. The summed E-state index contributed by atoms with van der Waals surface area (Å²) in [5.74, 6) is 0.120. The fraction of sp³-hybridized carbons (Fsp3) is 0.444. The molecule has 2 heterocycles. The van der Waals surface area contributed by atoms with Crippen molar-refractivity contribution in [2.24, 2.45) is 0 Å². The molecule has 1 amide bonds. The molecule has 0 saturated carbocycles. The van der Waals surface area contributed by atoms with Crippen molar-refractivity contribution < 1.29 is 4.79 Å². The number of aromatic nitrogens is 2. The Bertz CT molecular complexity index is 713. The van der Waals surface area contributed by atoms with Crippen LogP contribution in [0.5, 0.6) is 0 Å². The molecule has 2 aromatic rings.